The van der Waals surface area contributed by atoms with Crippen LogP contribution < -0.4 is 4.74 Å². The molecule has 0 radical (unpaired) electrons. The summed E-state index contributed by atoms with van der Waals surface area (Å²) in [6.07, 6.45) is 5.09. The van der Waals surface area contributed by atoms with Gasteiger partial charge in [-0.3, -0.25) is 9.79 Å². The number of carbonyl (C=O) groups is 1. The van der Waals surface area contributed by atoms with Crippen molar-refractivity contribution >= 4 is 17.6 Å². The molecule has 1 saturated heterocycles. The van der Waals surface area contributed by atoms with E-state index in [1.54, 1.807) is 7.11 Å². The van der Waals surface area contributed by atoms with Crippen LogP contribution in [0.3, 0.4) is 0 Å². The predicted octanol–water partition coefficient (Wildman–Crippen LogP) is 1.76. The number of fused-ring (bicyclic) bond motifs is 1. The molecule has 0 spiro atoms. The van der Waals surface area contributed by atoms with Crippen molar-refractivity contribution in [3.8, 4) is 5.75 Å². The molecule has 7 heteroatoms. The highest BCUT2D eigenvalue weighted by atomic mass is 16.5. The number of piperazine rings is 1. The molecule has 1 amide bonds. The van der Waals surface area contributed by atoms with E-state index in [4.69, 9.17) is 9.73 Å². The van der Waals surface area contributed by atoms with E-state index in [1.807, 2.05) is 41.6 Å². The Labute approximate surface area is 166 Å². The van der Waals surface area contributed by atoms with Crippen LogP contribution in [0.15, 0.2) is 46.7 Å². The van der Waals surface area contributed by atoms with E-state index in [2.05, 4.69) is 21.7 Å². The lowest BCUT2D eigenvalue weighted by Crippen LogP contribution is -2.53. The number of methoxy groups -OCH3 is 1. The number of aliphatic imine (C=N–C) groups is 2. The molecule has 1 atom stereocenters. The van der Waals surface area contributed by atoms with Gasteiger partial charge in [-0.25, -0.2) is 4.99 Å². The van der Waals surface area contributed by atoms with Gasteiger partial charge in [0.1, 0.15) is 5.75 Å². The molecule has 7 nitrogen and oxygen atoms in total. The topological polar surface area (TPSA) is 60.7 Å². The van der Waals surface area contributed by atoms with E-state index in [-0.39, 0.29) is 5.91 Å². The second kappa shape index (κ2) is 8.04. The van der Waals surface area contributed by atoms with E-state index in [9.17, 15) is 4.79 Å². The molecule has 1 aromatic carbocycles. The smallest absolute Gasteiger partial charge is 0.223 e. The summed E-state index contributed by atoms with van der Waals surface area (Å²) in [6, 6.07) is 8.21. The fraction of sp³-hybridized carbons (Fsp3) is 0.476. The number of hydrogen-bond donors (Lipinski definition) is 0. The maximum Gasteiger partial charge on any atom is 0.223 e. The fourth-order valence-corrected chi connectivity index (χ4v) is 3.88. The van der Waals surface area contributed by atoms with Crippen molar-refractivity contribution in [1.29, 1.82) is 0 Å². The van der Waals surface area contributed by atoms with E-state index in [0.29, 0.717) is 12.5 Å². The van der Waals surface area contributed by atoms with Crippen molar-refractivity contribution in [1.82, 2.24) is 14.7 Å². The Morgan fingerprint density at radius 3 is 2.82 bits per heavy atom. The molecular formula is C21H27N5O2. The second-order valence-corrected chi connectivity index (χ2v) is 7.42. The van der Waals surface area contributed by atoms with E-state index >= 15 is 0 Å². The molecule has 0 bridgehead atoms. The predicted molar refractivity (Wildman–Crippen MR) is 110 cm³/mol. The molecular weight excluding hydrogens is 354 g/mol. The summed E-state index contributed by atoms with van der Waals surface area (Å²) in [5.41, 5.74) is 1.13. The third kappa shape index (κ3) is 3.88. The minimum Gasteiger partial charge on any atom is -0.497 e. The van der Waals surface area contributed by atoms with E-state index in [0.717, 1.165) is 62.1 Å². The van der Waals surface area contributed by atoms with Crippen LogP contribution in [-0.2, 0) is 11.2 Å². The number of nitrogens with zero attached hydrogens (tertiary/aromatic N) is 5. The number of amidine groups is 2. The highest BCUT2D eigenvalue weighted by Crippen LogP contribution is 2.18. The van der Waals surface area contributed by atoms with Crippen LogP contribution in [0.1, 0.15) is 18.9 Å². The monoisotopic (exact) mass is 381 g/mol. The van der Waals surface area contributed by atoms with Crippen molar-refractivity contribution in [2.24, 2.45) is 9.98 Å². The van der Waals surface area contributed by atoms with Crippen LogP contribution in [0.5, 0.6) is 5.75 Å². The van der Waals surface area contributed by atoms with Crippen LogP contribution >= 0.6 is 0 Å². The summed E-state index contributed by atoms with van der Waals surface area (Å²) in [5.74, 6) is 2.95. The second-order valence-electron chi connectivity index (χ2n) is 7.42. The SMILES string of the molecule is COc1cccc(CCC(=O)N2CCN(C3=NC=CN4C[C@@H](C)N=C34)CC2)c1. The Bertz CT molecular complexity index is 824. The number of ether oxygens (including phenoxy) is 1. The van der Waals surface area contributed by atoms with Gasteiger partial charge in [0.15, 0.2) is 11.7 Å². The highest BCUT2D eigenvalue weighted by Gasteiger charge is 2.31. The summed E-state index contributed by atoms with van der Waals surface area (Å²) in [7, 11) is 1.66. The van der Waals surface area contributed by atoms with Gasteiger partial charge >= 0.3 is 0 Å². The average molecular weight is 381 g/mol. The van der Waals surface area contributed by atoms with Crippen LogP contribution in [-0.4, -0.2) is 78.2 Å². The number of hydrogen-bond acceptors (Lipinski definition) is 6. The van der Waals surface area contributed by atoms with Gasteiger partial charge in [0, 0.05) is 51.5 Å². The fourth-order valence-electron chi connectivity index (χ4n) is 3.88. The molecule has 0 saturated carbocycles. The van der Waals surface area contributed by atoms with Gasteiger partial charge in [-0.1, -0.05) is 12.1 Å². The molecule has 0 aromatic heterocycles. The molecule has 3 aliphatic rings. The van der Waals surface area contributed by atoms with Gasteiger partial charge in [0.2, 0.25) is 5.91 Å². The van der Waals surface area contributed by atoms with E-state index in [1.165, 1.54) is 0 Å². The molecule has 1 fully saturated rings. The molecule has 28 heavy (non-hydrogen) atoms. The average Bonchev–Trinajstić information content (AvgIpc) is 3.12. The first-order chi connectivity index (χ1) is 13.6. The van der Waals surface area contributed by atoms with Gasteiger partial charge in [-0.2, -0.15) is 0 Å². The Morgan fingerprint density at radius 2 is 2.04 bits per heavy atom. The first kappa shape index (κ1) is 18.5. The van der Waals surface area contributed by atoms with Crippen LogP contribution in [0.4, 0.5) is 0 Å². The first-order valence-corrected chi connectivity index (χ1v) is 9.89. The molecule has 3 aliphatic heterocycles. The van der Waals surface area contributed by atoms with Gasteiger partial charge in [-0.05, 0) is 31.0 Å². The third-order valence-electron chi connectivity index (χ3n) is 5.41. The van der Waals surface area contributed by atoms with E-state index < -0.39 is 0 Å². The summed E-state index contributed by atoms with van der Waals surface area (Å²) in [5, 5.41) is 0. The van der Waals surface area contributed by atoms with Crippen LogP contribution in [0.2, 0.25) is 0 Å². The van der Waals surface area contributed by atoms with Gasteiger partial charge in [0.05, 0.1) is 13.2 Å². The molecule has 1 aromatic rings. The Hall–Kier alpha value is -2.83. The first-order valence-electron chi connectivity index (χ1n) is 9.89. The van der Waals surface area contributed by atoms with Crippen molar-refractivity contribution in [2.45, 2.75) is 25.8 Å². The zero-order valence-corrected chi connectivity index (χ0v) is 16.5. The highest BCUT2D eigenvalue weighted by molar-refractivity contribution is 6.41. The molecule has 148 valence electrons. The Kier molecular flexibility index (Phi) is 5.32. The van der Waals surface area contributed by atoms with Crippen molar-refractivity contribution in [3.63, 3.8) is 0 Å². The summed E-state index contributed by atoms with van der Waals surface area (Å²) in [4.78, 5) is 28.3. The van der Waals surface area contributed by atoms with Gasteiger partial charge in [-0.15, -0.1) is 0 Å². The van der Waals surface area contributed by atoms with Gasteiger partial charge in [0.25, 0.3) is 0 Å². The normalized spacial score (nSPS) is 21.4. The zero-order valence-electron chi connectivity index (χ0n) is 16.5. The van der Waals surface area contributed by atoms with Crippen LogP contribution in [0, 0.1) is 0 Å². The number of carbonyl (C=O) groups excluding carboxylic acids is 1. The lowest BCUT2D eigenvalue weighted by Gasteiger charge is -2.37. The Balaban J connectivity index is 1.30. The van der Waals surface area contributed by atoms with Crippen molar-refractivity contribution in [2.75, 3.05) is 39.8 Å². The number of rotatable bonds is 4. The molecule has 0 unspecified atom stereocenters. The standard InChI is InChI=1S/C21H27N5O2/c1-16-15-26-9-8-22-20(21(26)23-16)25-12-10-24(11-13-25)19(27)7-6-17-4-3-5-18(14-17)28-2/h3-5,8-9,14,16H,6-7,10-13,15H2,1-2H3/t16-/m1/s1. The number of aryl methyl sites for hydroxylation is 1. The maximum absolute atomic E-state index is 12.6. The minimum absolute atomic E-state index is 0.210. The summed E-state index contributed by atoms with van der Waals surface area (Å²) < 4.78 is 5.25. The molecule has 0 aliphatic carbocycles. The third-order valence-corrected chi connectivity index (χ3v) is 5.41. The lowest BCUT2D eigenvalue weighted by atomic mass is 10.1. The quantitative estimate of drug-likeness (QED) is 0.797. The molecule has 4 rings (SSSR count). The zero-order chi connectivity index (χ0) is 19.5. The van der Waals surface area contributed by atoms with Crippen molar-refractivity contribution < 1.29 is 9.53 Å². The largest absolute Gasteiger partial charge is 0.497 e. The molecule has 3 heterocycles. The Morgan fingerprint density at radius 1 is 1.21 bits per heavy atom. The number of amides is 1. The van der Waals surface area contributed by atoms with Crippen LogP contribution in [0.25, 0.3) is 0 Å². The number of benzene rings is 1. The minimum atomic E-state index is 0.210. The van der Waals surface area contributed by atoms with Crippen molar-refractivity contribution in [3.05, 3.63) is 42.2 Å². The summed E-state index contributed by atoms with van der Waals surface area (Å²) in [6.45, 7) is 6.06. The molecule has 0 N–H and O–H groups in total. The maximum atomic E-state index is 12.6. The lowest BCUT2D eigenvalue weighted by molar-refractivity contribution is -0.132. The summed E-state index contributed by atoms with van der Waals surface area (Å²) >= 11 is 0. The van der Waals surface area contributed by atoms with Gasteiger partial charge < -0.3 is 19.4 Å².